The number of methoxy groups -OCH3 is 1. The first-order valence-electron chi connectivity index (χ1n) is 4.95. The molecule has 0 saturated carbocycles. The highest BCUT2D eigenvalue weighted by Crippen LogP contribution is 2.29. The van der Waals surface area contributed by atoms with E-state index in [1.165, 1.54) is 4.90 Å². The summed E-state index contributed by atoms with van der Waals surface area (Å²) < 4.78 is 5.11. The monoisotopic (exact) mass is 242 g/mol. The lowest BCUT2D eigenvalue weighted by molar-refractivity contribution is 0.414. The topological polar surface area (TPSA) is 9.23 Å². The average Bonchev–Trinajstić information content (AvgIpc) is 2.27. The van der Waals surface area contributed by atoms with Crippen LogP contribution in [0.3, 0.4) is 0 Å². The second-order valence-electron chi connectivity index (χ2n) is 4.29. The molecule has 0 atom stereocenters. The van der Waals surface area contributed by atoms with Gasteiger partial charge in [0, 0.05) is 10.6 Å². The Balaban J connectivity index is 2.51. The van der Waals surface area contributed by atoms with Crippen LogP contribution in [0.4, 0.5) is 0 Å². The summed E-state index contributed by atoms with van der Waals surface area (Å²) in [6, 6.07) is 8.18. The molecule has 1 aromatic rings. The Kier molecular flexibility index (Phi) is 4.87. The molecule has 0 heterocycles. The predicted octanol–water partition coefficient (Wildman–Crippen LogP) is 3.74. The van der Waals surface area contributed by atoms with Crippen molar-refractivity contribution in [3.8, 4) is 5.75 Å². The van der Waals surface area contributed by atoms with E-state index in [0.717, 1.165) is 17.3 Å². The number of hydrogen-bond donors (Lipinski definition) is 1. The summed E-state index contributed by atoms with van der Waals surface area (Å²) in [4.78, 5) is 1.28. The molecule has 15 heavy (non-hydrogen) atoms. The first-order valence-corrected chi connectivity index (χ1v) is 6.57. The van der Waals surface area contributed by atoms with Crippen LogP contribution in [0.2, 0.25) is 0 Å². The van der Waals surface area contributed by atoms with Crippen molar-refractivity contribution in [2.24, 2.45) is 5.41 Å². The van der Waals surface area contributed by atoms with Gasteiger partial charge < -0.3 is 4.74 Å². The summed E-state index contributed by atoms with van der Waals surface area (Å²) >= 11 is 6.21. The normalized spacial score (nSPS) is 11.5. The molecule has 0 aliphatic rings. The van der Waals surface area contributed by atoms with Crippen molar-refractivity contribution in [2.45, 2.75) is 18.7 Å². The molecule has 0 radical (unpaired) electrons. The Bertz CT molecular complexity index is 293. The van der Waals surface area contributed by atoms with Gasteiger partial charge in [-0.25, -0.2) is 0 Å². The molecule has 0 aliphatic carbocycles. The highest BCUT2D eigenvalue weighted by Gasteiger charge is 2.15. The van der Waals surface area contributed by atoms with Gasteiger partial charge in [-0.05, 0) is 35.4 Å². The average molecular weight is 242 g/mol. The van der Waals surface area contributed by atoms with Crippen LogP contribution in [0.15, 0.2) is 29.2 Å². The summed E-state index contributed by atoms with van der Waals surface area (Å²) in [5.41, 5.74) is 0.285. The lowest BCUT2D eigenvalue weighted by Crippen LogP contribution is -2.16. The van der Waals surface area contributed by atoms with Gasteiger partial charge in [-0.15, -0.1) is 11.8 Å². The van der Waals surface area contributed by atoms with Crippen LogP contribution in [-0.4, -0.2) is 18.6 Å². The van der Waals surface area contributed by atoms with Crippen LogP contribution < -0.4 is 4.74 Å². The second-order valence-corrected chi connectivity index (χ2v) is 5.65. The fraction of sp³-hybridized carbons (Fsp3) is 0.500. The molecule has 0 amide bonds. The molecule has 0 aliphatic heterocycles. The van der Waals surface area contributed by atoms with E-state index in [2.05, 4.69) is 38.6 Å². The number of thiol groups is 1. The Labute approximate surface area is 102 Å². The molecule has 0 bridgehead atoms. The third-order valence-corrected chi connectivity index (χ3v) is 4.50. The third kappa shape index (κ3) is 4.39. The molecule has 3 heteroatoms. The van der Waals surface area contributed by atoms with Crippen molar-refractivity contribution < 1.29 is 4.74 Å². The van der Waals surface area contributed by atoms with E-state index in [0.29, 0.717) is 0 Å². The highest BCUT2D eigenvalue weighted by molar-refractivity contribution is 7.99. The number of ether oxygens (including phenoxy) is 1. The molecule has 84 valence electrons. The maximum Gasteiger partial charge on any atom is 0.118 e. The number of hydrogen-bond acceptors (Lipinski definition) is 3. The third-order valence-electron chi connectivity index (χ3n) is 2.12. The number of thioether (sulfide) groups is 1. The minimum absolute atomic E-state index is 0.285. The fourth-order valence-corrected chi connectivity index (χ4v) is 2.25. The van der Waals surface area contributed by atoms with Crippen molar-refractivity contribution in [3.63, 3.8) is 0 Å². The molecule has 0 aromatic heterocycles. The smallest absolute Gasteiger partial charge is 0.118 e. The van der Waals surface area contributed by atoms with Gasteiger partial charge in [0.25, 0.3) is 0 Å². The van der Waals surface area contributed by atoms with Crippen molar-refractivity contribution in [1.29, 1.82) is 0 Å². The van der Waals surface area contributed by atoms with Gasteiger partial charge in [0.15, 0.2) is 0 Å². The van der Waals surface area contributed by atoms with Gasteiger partial charge in [-0.3, -0.25) is 0 Å². The van der Waals surface area contributed by atoms with Crippen molar-refractivity contribution in [1.82, 2.24) is 0 Å². The number of benzene rings is 1. The zero-order chi connectivity index (χ0) is 11.3. The quantitative estimate of drug-likeness (QED) is 0.622. The van der Waals surface area contributed by atoms with Gasteiger partial charge in [0.05, 0.1) is 7.11 Å². The van der Waals surface area contributed by atoms with Crippen molar-refractivity contribution in [3.05, 3.63) is 24.3 Å². The van der Waals surface area contributed by atoms with E-state index in [1.807, 2.05) is 23.9 Å². The van der Waals surface area contributed by atoms with Gasteiger partial charge in [0.2, 0.25) is 0 Å². The molecular weight excluding hydrogens is 224 g/mol. The van der Waals surface area contributed by atoms with Gasteiger partial charge in [0.1, 0.15) is 5.75 Å². The second kappa shape index (κ2) is 5.71. The minimum Gasteiger partial charge on any atom is -0.497 e. The Morgan fingerprint density at radius 3 is 2.33 bits per heavy atom. The molecule has 0 fully saturated rings. The van der Waals surface area contributed by atoms with E-state index < -0.39 is 0 Å². The lowest BCUT2D eigenvalue weighted by Gasteiger charge is -2.21. The Morgan fingerprint density at radius 1 is 1.27 bits per heavy atom. The predicted molar refractivity (Wildman–Crippen MR) is 71.4 cm³/mol. The Morgan fingerprint density at radius 2 is 1.87 bits per heavy atom. The zero-order valence-corrected chi connectivity index (χ0v) is 11.2. The van der Waals surface area contributed by atoms with Gasteiger partial charge in [-0.2, -0.15) is 12.6 Å². The highest BCUT2D eigenvalue weighted by atomic mass is 32.2. The zero-order valence-electron chi connectivity index (χ0n) is 9.49. The van der Waals surface area contributed by atoms with Crippen LogP contribution in [0.5, 0.6) is 5.75 Å². The summed E-state index contributed by atoms with van der Waals surface area (Å²) in [7, 11) is 1.69. The van der Waals surface area contributed by atoms with Gasteiger partial charge >= 0.3 is 0 Å². The van der Waals surface area contributed by atoms with Crippen molar-refractivity contribution in [2.75, 3.05) is 18.6 Å². The number of rotatable bonds is 5. The standard InChI is InChI=1S/C12H18OS2/c1-12(2,8-14)9-15-11-6-4-10(13-3)5-7-11/h4-7,14H,8-9H2,1-3H3. The maximum atomic E-state index is 5.11. The van der Waals surface area contributed by atoms with Crippen molar-refractivity contribution >= 4 is 24.4 Å². The minimum atomic E-state index is 0.285. The Hall–Kier alpha value is -0.280. The van der Waals surface area contributed by atoms with Crippen LogP contribution in [0.1, 0.15) is 13.8 Å². The first-order chi connectivity index (χ1) is 7.07. The van der Waals surface area contributed by atoms with E-state index in [1.54, 1.807) is 7.11 Å². The summed E-state index contributed by atoms with van der Waals surface area (Å²) in [5.74, 6) is 2.91. The fourth-order valence-electron chi connectivity index (χ4n) is 0.996. The van der Waals surface area contributed by atoms with E-state index >= 15 is 0 Å². The van der Waals surface area contributed by atoms with Crippen LogP contribution in [-0.2, 0) is 0 Å². The van der Waals surface area contributed by atoms with E-state index in [9.17, 15) is 0 Å². The molecular formula is C12H18OS2. The lowest BCUT2D eigenvalue weighted by atomic mass is 10.0. The maximum absolute atomic E-state index is 5.11. The SMILES string of the molecule is COc1ccc(SCC(C)(C)CS)cc1. The molecule has 0 saturated heterocycles. The van der Waals surface area contributed by atoms with Crippen LogP contribution >= 0.6 is 24.4 Å². The summed E-state index contributed by atoms with van der Waals surface area (Å²) in [6.07, 6.45) is 0. The van der Waals surface area contributed by atoms with Crippen LogP contribution in [0, 0.1) is 5.41 Å². The molecule has 1 nitrogen and oxygen atoms in total. The first kappa shape index (κ1) is 12.8. The molecule has 1 rings (SSSR count). The van der Waals surface area contributed by atoms with E-state index in [4.69, 9.17) is 4.74 Å². The molecule has 0 unspecified atom stereocenters. The molecule has 1 aromatic carbocycles. The molecule has 0 spiro atoms. The summed E-state index contributed by atoms with van der Waals surface area (Å²) in [6.45, 7) is 4.47. The summed E-state index contributed by atoms with van der Waals surface area (Å²) in [5, 5.41) is 0. The van der Waals surface area contributed by atoms with E-state index in [-0.39, 0.29) is 5.41 Å². The largest absolute Gasteiger partial charge is 0.497 e. The molecule has 0 N–H and O–H groups in total. The van der Waals surface area contributed by atoms with Crippen LogP contribution in [0.25, 0.3) is 0 Å². The van der Waals surface area contributed by atoms with Gasteiger partial charge in [-0.1, -0.05) is 13.8 Å².